The lowest BCUT2D eigenvalue weighted by Crippen LogP contribution is -1.92. The van der Waals surface area contributed by atoms with Gasteiger partial charge in [-0.05, 0) is 34.5 Å². The van der Waals surface area contributed by atoms with Gasteiger partial charge in [0.1, 0.15) is 11.3 Å². The molecule has 0 amide bonds. The van der Waals surface area contributed by atoms with Crippen LogP contribution < -0.4 is 0 Å². The Hall–Kier alpha value is -0.740. The van der Waals surface area contributed by atoms with Crippen molar-refractivity contribution < 1.29 is 8.78 Å². The van der Waals surface area contributed by atoms with Gasteiger partial charge < -0.3 is 0 Å². The van der Waals surface area contributed by atoms with Crippen molar-refractivity contribution in [3.05, 3.63) is 39.0 Å². The summed E-state index contributed by atoms with van der Waals surface area (Å²) >= 11 is 8.81. The van der Waals surface area contributed by atoms with E-state index in [4.69, 9.17) is 11.6 Å². The van der Waals surface area contributed by atoms with Crippen molar-refractivity contribution in [3.8, 4) is 0 Å². The van der Waals surface area contributed by atoms with Crippen LogP contribution in [-0.2, 0) is 0 Å². The molecule has 1 aromatic heterocycles. The summed E-state index contributed by atoms with van der Waals surface area (Å²) in [5, 5.41) is 0.223. The van der Waals surface area contributed by atoms with E-state index >= 15 is 0 Å². The third kappa shape index (κ3) is 1.62. The lowest BCUT2D eigenvalue weighted by molar-refractivity contribution is 0.609. The molecule has 0 unspecified atom stereocenters. The summed E-state index contributed by atoms with van der Waals surface area (Å²) in [4.78, 5) is 3.83. The molecule has 0 spiro atoms. The molecule has 2 rings (SSSR count). The fourth-order valence-corrected chi connectivity index (χ4v) is 1.95. The SMILES string of the molecule is Cc1cnc2c(F)c(Br)cc(F)c2c1Cl. The molecule has 0 aliphatic carbocycles. The molecule has 78 valence electrons. The first kappa shape index (κ1) is 10.8. The van der Waals surface area contributed by atoms with Crippen molar-refractivity contribution in [2.75, 3.05) is 0 Å². The average molecular weight is 293 g/mol. The summed E-state index contributed by atoms with van der Waals surface area (Å²) in [6.45, 7) is 1.69. The Morgan fingerprint density at radius 3 is 2.73 bits per heavy atom. The normalized spacial score (nSPS) is 11.0. The van der Waals surface area contributed by atoms with Gasteiger partial charge in [-0.25, -0.2) is 8.78 Å². The van der Waals surface area contributed by atoms with Crippen molar-refractivity contribution >= 4 is 38.4 Å². The van der Waals surface area contributed by atoms with E-state index in [1.165, 1.54) is 6.20 Å². The first-order chi connectivity index (χ1) is 7.02. The molecule has 1 nitrogen and oxygen atoms in total. The maximum Gasteiger partial charge on any atom is 0.163 e. The molecule has 0 atom stereocenters. The smallest absolute Gasteiger partial charge is 0.163 e. The van der Waals surface area contributed by atoms with Crippen LogP contribution in [0.1, 0.15) is 5.56 Å². The maximum absolute atomic E-state index is 13.6. The number of pyridine rings is 1. The van der Waals surface area contributed by atoms with Gasteiger partial charge in [-0.3, -0.25) is 4.98 Å². The molecule has 15 heavy (non-hydrogen) atoms. The molecular weight excluding hydrogens is 287 g/mol. The number of benzene rings is 1. The molecule has 0 bridgehead atoms. The van der Waals surface area contributed by atoms with Crippen LogP contribution in [0.4, 0.5) is 8.78 Å². The van der Waals surface area contributed by atoms with Gasteiger partial charge in [0.15, 0.2) is 5.82 Å². The highest BCUT2D eigenvalue weighted by atomic mass is 79.9. The van der Waals surface area contributed by atoms with Crippen molar-refractivity contribution in [1.29, 1.82) is 0 Å². The van der Waals surface area contributed by atoms with Crippen molar-refractivity contribution in [1.82, 2.24) is 4.98 Å². The Kier molecular flexibility index (Phi) is 2.64. The fourth-order valence-electron chi connectivity index (χ4n) is 1.33. The lowest BCUT2D eigenvalue weighted by Gasteiger charge is -2.06. The lowest BCUT2D eigenvalue weighted by atomic mass is 10.1. The second-order valence-electron chi connectivity index (χ2n) is 3.13. The van der Waals surface area contributed by atoms with Gasteiger partial charge >= 0.3 is 0 Å². The number of aromatic nitrogens is 1. The molecule has 2 aromatic rings. The van der Waals surface area contributed by atoms with Gasteiger partial charge in [0.2, 0.25) is 0 Å². The van der Waals surface area contributed by atoms with Crippen LogP contribution in [0.2, 0.25) is 5.02 Å². The molecule has 5 heteroatoms. The van der Waals surface area contributed by atoms with Crippen LogP contribution in [0.3, 0.4) is 0 Å². The molecule has 0 aliphatic rings. The maximum atomic E-state index is 13.6. The molecular formula is C10H5BrClF2N. The van der Waals surface area contributed by atoms with Gasteiger partial charge in [0.25, 0.3) is 0 Å². The summed E-state index contributed by atoms with van der Waals surface area (Å²) in [5.41, 5.74) is 0.558. The molecule has 0 saturated heterocycles. The quantitative estimate of drug-likeness (QED) is 0.662. The monoisotopic (exact) mass is 291 g/mol. The van der Waals surface area contributed by atoms with Crippen LogP contribution >= 0.6 is 27.5 Å². The fraction of sp³-hybridized carbons (Fsp3) is 0.100. The number of aryl methyl sites for hydroxylation is 1. The minimum atomic E-state index is -0.603. The van der Waals surface area contributed by atoms with E-state index in [2.05, 4.69) is 20.9 Å². The number of hydrogen-bond donors (Lipinski definition) is 0. The van der Waals surface area contributed by atoms with Crippen molar-refractivity contribution in [2.45, 2.75) is 6.92 Å². The van der Waals surface area contributed by atoms with Crippen LogP contribution in [0.5, 0.6) is 0 Å². The standard InChI is InChI=1S/C10H5BrClF2N/c1-4-3-15-10-7(8(4)12)6(13)2-5(11)9(10)14/h2-3H,1H3. The first-order valence-corrected chi connectivity index (χ1v) is 5.27. The van der Waals surface area contributed by atoms with E-state index in [1.54, 1.807) is 6.92 Å². The highest BCUT2D eigenvalue weighted by Gasteiger charge is 2.15. The number of hydrogen-bond acceptors (Lipinski definition) is 1. The topological polar surface area (TPSA) is 12.9 Å². The second kappa shape index (κ2) is 3.68. The van der Waals surface area contributed by atoms with Crippen LogP contribution in [0, 0.1) is 18.6 Å². The number of fused-ring (bicyclic) bond motifs is 1. The van der Waals surface area contributed by atoms with E-state index in [1.807, 2.05) is 0 Å². The van der Waals surface area contributed by atoms with Crippen molar-refractivity contribution in [2.24, 2.45) is 0 Å². The minimum absolute atomic E-state index is 0.0253. The van der Waals surface area contributed by atoms with Crippen LogP contribution in [-0.4, -0.2) is 4.98 Å². The van der Waals surface area contributed by atoms with Gasteiger partial charge in [-0.2, -0.15) is 0 Å². The Bertz CT molecular complexity index is 557. The summed E-state index contributed by atoms with van der Waals surface area (Å²) in [6.07, 6.45) is 1.42. The Balaban J connectivity index is 3.03. The molecule has 0 radical (unpaired) electrons. The van der Waals surface area contributed by atoms with Crippen molar-refractivity contribution in [3.63, 3.8) is 0 Å². The zero-order valence-corrected chi connectivity index (χ0v) is 9.96. The number of rotatable bonds is 0. The highest BCUT2D eigenvalue weighted by Crippen LogP contribution is 2.32. The third-order valence-corrected chi connectivity index (χ3v) is 3.16. The van der Waals surface area contributed by atoms with E-state index in [9.17, 15) is 8.78 Å². The number of nitrogens with zero attached hydrogens (tertiary/aromatic N) is 1. The summed E-state index contributed by atoms with van der Waals surface area (Å²) in [7, 11) is 0. The summed E-state index contributed by atoms with van der Waals surface area (Å²) < 4.78 is 27.1. The van der Waals surface area contributed by atoms with Gasteiger partial charge in [0.05, 0.1) is 14.9 Å². The minimum Gasteiger partial charge on any atom is -0.253 e. The largest absolute Gasteiger partial charge is 0.253 e. The average Bonchev–Trinajstić information content (AvgIpc) is 2.18. The van der Waals surface area contributed by atoms with E-state index in [-0.39, 0.29) is 20.4 Å². The second-order valence-corrected chi connectivity index (χ2v) is 4.37. The Labute approximate surface area is 98.2 Å². The number of halogens is 4. The molecule has 0 saturated carbocycles. The third-order valence-electron chi connectivity index (χ3n) is 2.10. The molecule has 0 aliphatic heterocycles. The molecule has 1 aromatic carbocycles. The Morgan fingerprint density at radius 2 is 2.07 bits per heavy atom. The summed E-state index contributed by atoms with van der Waals surface area (Å²) in [6, 6.07) is 1.05. The van der Waals surface area contributed by atoms with Gasteiger partial charge in [-0.1, -0.05) is 11.6 Å². The predicted molar refractivity (Wildman–Crippen MR) is 59.1 cm³/mol. The van der Waals surface area contributed by atoms with Gasteiger partial charge in [-0.15, -0.1) is 0 Å². The zero-order chi connectivity index (χ0) is 11.2. The van der Waals surface area contributed by atoms with E-state index in [0.717, 1.165) is 6.07 Å². The molecule has 0 fully saturated rings. The van der Waals surface area contributed by atoms with E-state index < -0.39 is 11.6 Å². The zero-order valence-electron chi connectivity index (χ0n) is 7.61. The van der Waals surface area contributed by atoms with Gasteiger partial charge in [0, 0.05) is 6.20 Å². The predicted octanol–water partition coefficient (Wildman–Crippen LogP) is 4.24. The highest BCUT2D eigenvalue weighted by molar-refractivity contribution is 9.10. The molecule has 0 N–H and O–H groups in total. The molecule has 1 heterocycles. The van der Waals surface area contributed by atoms with Crippen LogP contribution in [0.15, 0.2) is 16.7 Å². The summed E-state index contributed by atoms with van der Waals surface area (Å²) in [5.74, 6) is -1.19. The van der Waals surface area contributed by atoms with E-state index in [0.29, 0.717) is 5.56 Å². The first-order valence-electron chi connectivity index (χ1n) is 4.10. The Morgan fingerprint density at radius 1 is 1.40 bits per heavy atom. The van der Waals surface area contributed by atoms with Crippen LogP contribution in [0.25, 0.3) is 10.9 Å².